The summed E-state index contributed by atoms with van der Waals surface area (Å²) in [6, 6.07) is 7.92. The van der Waals surface area contributed by atoms with Crippen molar-refractivity contribution in [2.75, 3.05) is 0 Å². The molecule has 4 nitrogen and oxygen atoms in total. The van der Waals surface area contributed by atoms with Gasteiger partial charge in [-0.05, 0) is 54.8 Å². The van der Waals surface area contributed by atoms with Crippen molar-refractivity contribution in [1.82, 2.24) is 9.97 Å². The lowest BCUT2D eigenvalue weighted by Gasteiger charge is -2.13. The fourth-order valence-corrected chi connectivity index (χ4v) is 2.48. The first-order valence-electron chi connectivity index (χ1n) is 7.76. The molecule has 0 N–H and O–H groups in total. The molecule has 0 aliphatic heterocycles. The summed E-state index contributed by atoms with van der Waals surface area (Å²) in [5.41, 5.74) is 3.34. The molecule has 124 valence electrons. The van der Waals surface area contributed by atoms with E-state index in [9.17, 15) is 0 Å². The number of hydrogen-bond acceptors (Lipinski definition) is 4. The molecule has 1 heterocycles. The van der Waals surface area contributed by atoms with Gasteiger partial charge in [0.2, 0.25) is 0 Å². The van der Waals surface area contributed by atoms with Gasteiger partial charge in [-0.3, -0.25) is 9.98 Å². The SMILES string of the molecule is C=N/C=C(\C=NCc1ncccn1)CC(C)c1ccc(Cl)c(C)c1. The Kier molecular flexibility index (Phi) is 6.82. The van der Waals surface area contributed by atoms with E-state index in [0.717, 1.165) is 22.6 Å². The Balaban J connectivity index is 2.03. The van der Waals surface area contributed by atoms with Crippen LogP contribution in [0, 0.1) is 6.92 Å². The number of aryl methyl sites for hydroxylation is 1. The summed E-state index contributed by atoms with van der Waals surface area (Å²) in [5, 5.41) is 0.791. The third-order valence-electron chi connectivity index (χ3n) is 3.66. The van der Waals surface area contributed by atoms with E-state index in [2.05, 4.69) is 45.7 Å². The van der Waals surface area contributed by atoms with Crippen molar-refractivity contribution >= 4 is 24.5 Å². The lowest BCUT2D eigenvalue weighted by Crippen LogP contribution is -1.99. The van der Waals surface area contributed by atoms with Gasteiger partial charge >= 0.3 is 0 Å². The molecule has 1 atom stereocenters. The van der Waals surface area contributed by atoms with Crippen LogP contribution < -0.4 is 0 Å². The number of aliphatic imine (C=N–C) groups is 2. The number of allylic oxidation sites excluding steroid dienone is 1. The average molecular weight is 341 g/mol. The van der Waals surface area contributed by atoms with Crippen molar-refractivity contribution in [2.45, 2.75) is 32.7 Å². The minimum atomic E-state index is 0.327. The van der Waals surface area contributed by atoms with Crippen LogP contribution in [0.15, 0.2) is 58.4 Å². The van der Waals surface area contributed by atoms with Crippen molar-refractivity contribution in [3.8, 4) is 0 Å². The zero-order chi connectivity index (χ0) is 17.4. The van der Waals surface area contributed by atoms with E-state index in [1.165, 1.54) is 5.56 Å². The van der Waals surface area contributed by atoms with E-state index in [1.54, 1.807) is 24.7 Å². The molecule has 1 aromatic carbocycles. The predicted molar refractivity (Wildman–Crippen MR) is 101 cm³/mol. The van der Waals surface area contributed by atoms with Crippen molar-refractivity contribution in [3.05, 3.63) is 70.4 Å². The van der Waals surface area contributed by atoms with Gasteiger partial charge in [0.15, 0.2) is 0 Å². The molecule has 0 spiro atoms. The zero-order valence-electron chi connectivity index (χ0n) is 14.0. The smallest absolute Gasteiger partial charge is 0.149 e. The molecule has 1 unspecified atom stereocenters. The van der Waals surface area contributed by atoms with E-state index in [0.29, 0.717) is 18.3 Å². The van der Waals surface area contributed by atoms with Crippen molar-refractivity contribution in [1.29, 1.82) is 0 Å². The summed E-state index contributed by atoms with van der Waals surface area (Å²) in [7, 11) is 0. The molecular weight excluding hydrogens is 320 g/mol. The molecule has 0 saturated heterocycles. The van der Waals surface area contributed by atoms with Crippen LogP contribution in [0.3, 0.4) is 0 Å². The fourth-order valence-electron chi connectivity index (χ4n) is 2.36. The van der Waals surface area contributed by atoms with Gasteiger partial charge < -0.3 is 0 Å². The van der Waals surface area contributed by atoms with Crippen LogP contribution in [-0.2, 0) is 6.54 Å². The normalized spacial score (nSPS) is 13.2. The molecule has 0 bridgehead atoms. The van der Waals surface area contributed by atoms with Crippen LogP contribution >= 0.6 is 11.6 Å². The third kappa shape index (κ3) is 5.39. The van der Waals surface area contributed by atoms with E-state index < -0.39 is 0 Å². The lowest BCUT2D eigenvalue weighted by atomic mass is 9.93. The first kappa shape index (κ1) is 18.0. The van der Waals surface area contributed by atoms with Crippen molar-refractivity contribution < 1.29 is 0 Å². The third-order valence-corrected chi connectivity index (χ3v) is 4.08. The Labute approximate surface area is 148 Å². The second-order valence-electron chi connectivity index (χ2n) is 5.64. The quantitative estimate of drug-likeness (QED) is 0.680. The molecule has 0 fully saturated rings. The molecular formula is C19H21ClN4. The van der Waals surface area contributed by atoms with Gasteiger partial charge in [-0.2, -0.15) is 0 Å². The Morgan fingerprint density at radius 3 is 2.75 bits per heavy atom. The Hall–Kier alpha value is -2.33. The number of hydrogen-bond donors (Lipinski definition) is 0. The predicted octanol–water partition coefficient (Wildman–Crippen LogP) is 4.79. The number of nitrogens with zero attached hydrogens (tertiary/aromatic N) is 4. The minimum Gasteiger partial charge on any atom is -0.285 e. The summed E-state index contributed by atoms with van der Waals surface area (Å²) < 4.78 is 0. The second-order valence-corrected chi connectivity index (χ2v) is 6.04. The highest BCUT2D eigenvalue weighted by Crippen LogP contribution is 2.26. The summed E-state index contributed by atoms with van der Waals surface area (Å²) >= 11 is 6.10. The zero-order valence-corrected chi connectivity index (χ0v) is 14.7. The molecule has 0 aliphatic rings. The Bertz CT molecular complexity index is 738. The Morgan fingerprint density at radius 1 is 1.33 bits per heavy atom. The summed E-state index contributed by atoms with van der Waals surface area (Å²) in [4.78, 5) is 16.6. The van der Waals surface area contributed by atoms with Gasteiger partial charge in [0.25, 0.3) is 0 Å². The number of rotatable bonds is 7. The van der Waals surface area contributed by atoms with E-state index >= 15 is 0 Å². The molecule has 0 amide bonds. The van der Waals surface area contributed by atoms with Crippen LogP contribution in [0.25, 0.3) is 0 Å². The molecule has 0 saturated carbocycles. The molecule has 24 heavy (non-hydrogen) atoms. The first-order chi connectivity index (χ1) is 11.6. The number of halogens is 1. The Morgan fingerprint density at radius 2 is 2.08 bits per heavy atom. The van der Waals surface area contributed by atoms with Crippen LogP contribution in [0.1, 0.15) is 36.2 Å². The summed E-state index contributed by atoms with van der Waals surface area (Å²) in [5.74, 6) is 1.02. The molecule has 1 aromatic heterocycles. The van der Waals surface area contributed by atoms with Crippen LogP contribution in [-0.4, -0.2) is 22.9 Å². The maximum absolute atomic E-state index is 6.10. The highest BCUT2D eigenvalue weighted by Gasteiger charge is 2.09. The monoisotopic (exact) mass is 340 g/mol. The van der Waals surface area contributed by atoms with Gasteiger partial charge in [-0.15, -0.1) is 0 Å². The maximum Gasteiger partial charge on any atom is 0.149 e. The van der Waals surface area contributed by atoms with Crippen molar-refractivity contribution in [3.63, 3.8) is 0 Å². The van der Waals surface area contributed by atoms with Crippen molar-refractivity contribution in [2.24, 2.45) is 9.98 Å². The van der Waals surface area contributed by atoms with E-state index in [-0.39, 0.29) is 0 Å². The van der Waals surface area contributed by atoms with Crippen LogP contribution in [0.5, 0.6) is 0 Å². The topological polar surface area (TPSA) is 50.5 Å². The second kappa shape index (κ2) is 9.08. The molecule has 5 heteroatoms. The number of aromatic nitrogens is 2. The number of benzene rings is 1. The maximum atomic E-state index is 6.10. The highest BCUT2D eigenvalue weighted by atomic mass is 35.5. The average Bonchev–Trinajstić information content (AvgIpc) is 2.58. The fraction of sp³-hybridized carbons (Fsp3) is 0.263. The molecule has 0 aliphatic carbocycles. The van der Waals surface area contributed by atoms with Gasteiger partial charge in [-0.25, -0.2) is 9.97 Å². The van der Waals surface area contributed by atoms with E-state index in [1.807, 2.05) is 19.2 Å². The van der Waals surface area contributed by atoms with Gasteiger partial charge in [0.1, 0.15) is 5.82 Å². The molecule has 0 radical (unpaired) electrons. The molecule has 2 aromatic rings. The standard InChI is InChI=1S/C19H21ClN4/c1-14(17-5-6-18(20)15(2)10-17)9-16(11-21-3)12-22-13-19-23-7-4-8-24-19/h4-8,10-12,14H,3,9,13H2,1-2H3/b16-11-,22-12?. The first-order valence-corrected chi connectivity index (χ1v) is 8.14. The molecule has 2 rings (SSSR count). The minimum absolute atomic E-state index is 0.327. The largest absolute Gasteiger partial charge is 0.285 e. The van der Waals surface area contributed by atoms with Crippen LogP contribution in [0.2, 0.25) is 5.02 Å². The van der Waals surface area contributed by atoms with Crippen LogP contribution in [0.4, 0.5) is 0 Å². The summed E-state index contributed by atoms with van der Waals surface area (Å²) in [6.45, 7) is 8.18. The highest BCUT2D eigenvalue weighted by molar-refractivity contribution is 6.31. The summed E-state index contributed by atoms with van der Waals surface area (Å²) in [6.07, 6.45) is 7.81. The lowest BCUT2D eigenvalue weighted by molar-refractivity contribution is 0.766. The van der Waals surface area contributed by atoms with Gasteiger partial charge in [0.05, 0.1) is 6.54 Å². The van der Waals surface area contributed by atoms with Gasteiger partial charge in [0, 0.05) is 29.8 Å². The van der Waals surface area contributed by atoms with E-state index in [4.69, 9.17) is 11.6 Å². The van der Waals surface area contributed by atoms with Gasteiger partial charge in [-0.1, -0.05) is 30.7 Å².